The zero-order valence-corrected chi connectivity index (χ0v) is 16.9. The van der Waals surface area contributed by atoms with Gasteiger partial charge in [-0.15, -0.1) is 0 Å². The first-order chi connectivity index (χ1) is 11.1. The van der Waals surface area contributed by atoms with Crippen molar-refractivity contribution in [1.29, 1.82) is 0 Å². The Balaban J connectivity index is 2.76. The van der Waals surface area contributed by atoms with Crippen molar-refractivity contribution < 1.29 is 4.79 Å². The standard InChI is InChI=1S/C16H22Cl3N3OS/c1-4-11-7-5-6-8-12(11)20-15(24)22-14(16(17,18)19)21-13(23)9-10(2)3/h5-8,10,14H,4,9H2,1-3H3,(H,21,23)(H2,20,22,24). The largest absolute Gasteiger partial charge is 0.339 e. The molecule has 1 aromatic carbocycles. The summed E-state index contributed by atoms with van der Waals surface area (Å²) < 4.78 is -1.75. The highest BCUT2D eigenvalue weighted by Crippen LogP contribution is 2.29. The van der Waals surface area contributed by atoms with Crippen LogP contribution in [0.15, 0.2) is 24.3 Å². The highest BCUT2D eigenvalue weighted by Gasteiger charge is 2.34. The van der Waals surface area contributed by atoms with Gasteiger partial charge in [0.05, 0.1) is 0 Å². The van der Waals surface area contributed by atoms with E-state index in [2.05, 4.69) is 16.0 Å². The van der Waals surface area contributed by atoms with Gasteiger partial charge in [0.15, 0.2) is 5.11 Å². The summed E-state index contributed by atoms with van der Waals surface area (Å²) >= 11 is 23.1. The van der Waals surface area contributed by atoms with Gasteiger partial charge >= 0.3 is 0 Å². The van der Waals surface area contributed by atoms with Gasteiger partial charge in [-0.2, -0.15) is 0 Å². The van der Waals surface area contributed by atoms with Crippen molar-refractivity contribution in [3.05, 3.63) is 29.8 Å². The molecule has 1 rings (SSSR count). The summed E-state index contributed by atoms with van der Waals surface area (Å²) in [6.07, 6.45) is 0.241. The fourth-order valence-electron chi connectivity index (χ4n) is 2.03. The SMILES string of the molecule is CCc1ccccc1NC(=S)NC(NC(=O)CC(C)C)C(Cl)(Cl)Cl. The Morgan fingerprint density at radius 2 is 1.83 bits per heavy atom. The van der Waals surface area contributed by atoms with Gasteiger partial charge in [0.25, 0.3) is 0 Å². The molecule has 1 atom stereocenters. The molecule has 0 fully saturated rings. The number of carbonyl (C=O) groups excluding carboxylic acids is 1. The molecule has 8 heteroatoms. The van der Waals surface area contributed by atoms with Crippen LogP contribution in [0.3, 0.4) is 0 Å². The van der Waals surface area contributed by atoms with Crippen molar-refractivity contribution in [3.63, 3.8) is 0 Å². The fourth-order valence-corrected chi connectivity index (χ4v) is 2.59. The number of carbonyl (C=O) groups is 1. The molecule has 0 aliphatic carbocycles. The molecule has 3 N–H and O–H groups in total. The number of thiocarbonyl (C=S) groups is 1. The number of aryl methyl sites for hydroxylation is 1. The number of rotatable bonds is 6. The third-order valence-electron chi connectivity index (χ3n) is 3.15. The normalized spacial score (nSPS) is 12.6. The maximum atomic E-state index is 12.0. The van der Waals surface area contributed by atoms with E-state index >= 15 is 0 Å². The lowest BCUT2D eigenvalue weighted by atomic mass is 10.1. The van der Waals surface area contributed by atoms with E-state index in [4.69, 9.17) is 47.0 Å². The predicted octanol–water partition coefficient (Wildman–Crippen LogP) is 4.39. The minimum absolute atomic E-state index is 0.197. The van der Waals surface area contributed by atoms with Crippen LogP contribution in [-0.4, -0.2) is 21.0 Å². The molecule has 0 radical (unpaired) electrons. The first-order valence-electron chi connectivity index (χ1n) is 7.65. The average molecular weight is 411 g/mol. The van der Waals surface area contributed by atoms with Crippen LogP contribution in [0.4, 0.5) is 5.69 Å². The molecule has 1 amide bonds. The van der Waals surface area contributed by atoms with E-state index in [9.17, 15) is 4.79 Å². The molecule has 0 heterocycles. The van der Waals surface area contributed by atoms with Gasteiger partial charge in [-0.25, -0.2) is 0 Å². The van der Waals surface area contributed by atoms with Crippen LogP contribution in [0.1, 0.15) is 32.8 Å². The second-order valence-corrected chi connectivity index (χ2v) is 8.53. The Kier molecular flexibility index (Phi) is 8.57. The lowest BCUT2D eigenvalue weighted by Gasteiger charge is -2.28. The van der Waals surface area contributed by atoms with Crippen LogP contribution >= 0.6 is 47.0 Å². The second-order valence-electron chi connectivity index (χ2n) is 5.75. The number of anilines is 1. The summed E-state index contributed by atoms with van der Waals surface area (Å²) in [4.78, 5) is 12.0. The van der Waals surface area contributed by atoms with E-state index in [0.29, 0.717) is 6.42 Å². The number of hydrogen-bond donors (Lipinski definition) is 3. The molecular weight excluding hydrogens is 389 g/mol. The van der Waals surface area contributed by atoms with E-state index in [1.807, 2.05) is 45.0 Å². The molecule has 0 aliphatic rings. The molecule has 4 nitrogen and oxygen atoms in total. The molecule has 0 aliphatic heterocycles. The third-order valence-corrected chi connectivity index (χ3v) is 4.02. The fraction of sp³-hybridized carbons (Fsp3) is 0.500. The van der Waals surface area contributed by atoms with E-state index in [1.165, 1.54) is 0 Å². The van der Waals surface area contributed by atoms with Crippen LogP contribution < -0.4 is 16.0 Å². The van der Waals surface area contributed by atoms with Crippen molar-refractivity contribution in [2.45, 2.75) is 43.6 Å². The smallest absolute Gasteiger partial charge is 0.228 e. The first kappa shape index (κ1) is 21.3. The van der Waals surface area contributed by atoms with Gasteiger partial charge in [-0.05, 0) is 36.2 Å². The molecule has 134 valence electrons. The molecule has 24 heavy (non-hydrogen) atoms. The number of alkyl halides is 3. The van der Waals surface area contributed by atoms with Gasteiger partial charge in [0, 0.05) is 12.1 Å². The van der Waals surface area contributed by atoms with Gasteiger partial charge in [-0.1, -0.05) is 73.8 Å². The Morgan fingerprint density at radius 3 is 2.38 bits per heavy atom. The summed E-state index contributed by atoms with van der Waals surface area (Å²) in [6, 6.07) is 7.77. The maximum absolute atomic E-state index is 12.0. The molecule has 0 saturated carbocycles. The number of nitrogens with one attached hydrogen (secondary N) is 3. The minimum atomic E-state index is -1.75. The minimum Gasteiger partial charge on any atom is -0.339 e. The van der Waals surface area contributed by atoms with Crippen molar-refractivity contribution in [2.24, 2.45) is 5.92 Å². The summed E-state index contributed by atoms with van der Waals surface area (Å²) in [7, 11) is 0. The molecule has 0 saturated heterocycles. The lowest BCUT2D eigenvalue weighted by Crippen LogP contribution is -2.56. The van der Waals surface area contributed by atoms with E-state index in [0.717, 1.165) is 17.7 Å². The van der Waals surface area contributed by atoms with Crippen LogP contribution in [0.25, 0.3) is 0 Å². The van der Waals surface area contributed by atoms with Crippen molar-refractivity contribution >= 4 is 63.7 Å². The van der Waals surface area contributed by atoms with Crippen LogP contribution in [0, 0.1) is 5.92 Å². The highest BCUT2D eigenvalue weighted by atomic mass is 35.6. The summed E-state index contributed by atoms with van der Waals surface area (Å²) in [5.74, 6) is -0.0203. The Bertz CT molecular complexity index is 576. The van der Waals surface area contributed by atoms with Gasteiger partial charge in [0.2, 0.25) is 9.70 Å². The maximum Gasteiger partial charge on any atom is 0.228 e. The van der Waals surface area contributed by atoms with E-state index < -0.39 is 9.96 Å². The lowest BCUT2D eigenvalue weighted by molar-refractivity contribution is -0.122. The van der Waals surface area contributed by atoms with Crippen molar-refractivity contribution in [3.8, 4) is 0 Å². The quantitative estimate of drug-likeness (QED) is 0.370. The molecule has 0 aromatic heterocycles. The predicted molar refractivity (Wildman–Crippen MR) is 107 cm³/mol. The Hall–Kier alpha value is -0.750. The Morgan fingerprint density at radius 1 is 1.21 bits per heavy atom. The van der Waals surface area contributed by atoms with Gasteiger partial charge in [-0.3, -0.25) is 4.79 Å². The monoisotopic (exact) mass is 409 g/mol. The van der Waals surface area contributed by atoms with Crippen LogP contribution in [0.5, 0.6) is 0 Å². The van der Waals surface area contributed by atoms with Crippen LogP contribution in [-0.2, 0) is 11.2 Å². The average Bonchev–Trinajstić information content (AvgIpc) is 2.45. The van der Waals surface area contributed by atoms with E-state index in [1.54, 1.807) is 0 Å². The van der Waals surface area contributed by atoms with Gasteiger partial charge in [0.1, 0.15) is 6.17 Å². The Labute approximate surface area is 163 Å². The zero-order valence-electron chi connectivity index (χ0n) is 13.8. The highest BCUT2D eigenvalue weighted by molar-refractivity contribution is 7.80. The van der Waals surface area contributed by atoms with E-state index in [-0.39, 0.29) is 16.9 Å². The number of hydrogen-bond acceptors (Lipinski definition) is 2. The third kappa shape index (κ3) is 7.43. The summed E-state index contributed by atoms with van der Waals surface area (Å²) in [5, 5.41) is 8.85. The number of para-hydroxylation sites is 1. The molecule has 1 aromatic rings. The first-order valence-corrected chi connectivity index (χ1v) is 9.19. The number of benzene rings is 1. The molecule has 0 spiro atoms. The zero-order chi connectivity index (χ0) is 18.3. The van der Waals surface area contributed by atoms with Crippen LogP contribution in [0.2, 0.25) is 0 Å². The van der Waals surface area contributed by atoms with Gasteiger partial charge < -0.3 is 16.0 Å². The summed E-state index contributed by atoms with van der Waals surface area (Å²) in [6.45, 7) is 5.92. The topological polar surface area (TPSA) is 53.2 Å². The number of amides is 1. The molecular formula is C16H22Cl3N3OS. The molecule has 1 unspecified atom stereocenters. The second kappa shape index (κ2) is 9.66. The van der Waals surface area contributed by atoms with Crippen molar-refractivity contribution in [2.75, 3.05) is 5.32 Å². The number of halogens is 3. The summed E-state index contributed by atoms with van der Waals surface area (Å²) in [5.41, 5.74) is 1.98. The van der Waals surface area contributed by atoms with Crippen molar-refractivity contribution in [1.82, 2.24) is 10.6 Å². The molecule has 0 bridgehead atoms.